The average molecular weight is 292 g/mol. The van der Waals surface area contributed by atoms with Crippen molar-refractivity contribution in [2.75, 3.05) is 41.7 Å². The van der Waals surface area contributed by atoms with Crippen LogP contribution in [0.3, 0.4) is 0 Å². The van der Waals surface area contributed by atoms with Gasteiger partial charge in [-0.05, 0) is 32.1 Å². The number of hydrogen-bond acceptors (Lipinski definition) is 6. The zero-order chi connectivity index (χ0) is 15.1. The zero-order valence-corrected chi connectivity index (χ0v) is 13.5. The van der Waals surface area contributed by atoms with Crippen molar-refractivity contribution in [3.63, 3.8) is 0 Å². The topological polar surface area (TPSA) is 66.0 Å². The van der Waals surface area contributed by atoms with Crippen molar-refractivity contribution in [1.82, 2.24) is 15.0 Å². The van der Waals surface area contributed by atoms with E-state index in [1.807, 2.05) is 0 Å². The molecule has 0 aromatic carbocycles. The monoisotopic (exact) mass is 292 g/mol. The fourth-order valence-electron chi connectivity index (χ4n) is 2.33. The molecule has 21 heavy (non-hydrogen) atoms. The van der Waals surface area contributed by atoms with Crippen LogP contribution in [0.2, 0.25) is 0 Å². The van der Waals surface area contributed by atoms with Gasteiger partial charge in [0.15, 0.2) is 0 Å². The molecular formula is C15H28N6. The summed E-state index contributed by atoms with van der Waals surface area (Å²) < 4.78 is 0. The van der Waals surface area contributed by atoms with Crippen molar-refractivity contribution in [1.29, 1.82) is 0 Å². The molecule has 1 aliphatic heterocycles. The molecule has 0 amide bonds. The molecule has 118 valence electrons. The van der Waals surface area contributed by atoms with Crippen molar-refractivity contribution in [3.8, 4) is 0 Å². The number of nitrogens with zero attached hydrogens (tertiary/aromatic N) is 4. The Morgan fingerprint density at radius 1 is 1.00 bits per heavy atom. The summed E-state index contributed by atoms with van der Waals surface area (Å²) in [5, 5.41) is 6.54. The van der Waals surface area contributed by atoms with Gasteiger partial charge in [-0.1, -0.05) is 20.3 Å². The maximum atomic E-state index is 4.60. The lowest BCUT2D eigenvalue weighted by molar-refractivity contribution is 0.566. The maximum Gasteiger partial charge on any atom is 0.231 e. The molecule has 1 unspecified atom stereocenters. The second kappa shape index (κ2) is 8.00. The fourth-order valence-corrected chi connectivity index (χ4v) is 2.33. The largest absolute Gasteiger partial charge is 0.354 e. The SMILES string of the molecule is CCNc1nc(NCC(C)CC)nc(N2CCCCC2)n1. The number of hydrogen-bond donors (Lipinski definition) is 2. The molecule has 2 N–H and O–H groups in total. The van der Waals surface area contributed by atoms with E-state index in [-0.39, 0.29) is 0 Å². The molecule has 1 atom stereocenters. The highest BCUT2D eigenvalue weighted by molar-refractivity contribution is 5.44. The van der Waals surface area contributed by atoms with Crippen LogP contribution < -0.4 is 15.5 Å². The van der Waals surface area contributed by atoms with E-state index in [0.717, 1.165) is 38.5 Å². The number of piperidine rings is 1. The summed E-state index contributed by atoms with van der Waals surface area (Å²) in [5.41, 5.74) is 0. The molecule has 1 aromatic rings. The quantitative estimate of drug-likeness (QED) is 0.805. The molecule has 1 saturated heterocycles. The molecule has 0 saturated carbocycles. The molecule has 2 rings (SSSR count). The van der Waals surface area contributed by atoms with Gasteiger partial charge in [-0.2, -0.15) is 15.0 Å². The van der Waals surface area contributed by atoms with E-state index < -0.39 is 0 Å². The van der Waals surface area contributed by atoms with Crippen LogP contribution in [0.15, 0.2) is 0 Å². The summed E-state index contributed by atoms with van der Waals surface area (Å²) in [5.74, 6) is 2.76. The molecule has 6 nitrogen and oxygen atoms in total. The molecule has 0 aliphatic carbocycles. The number of aromatic nitrogens is 3. The Kier molecular flexibility index (Phi) is 6.02. The Hall–Kier alpha value is -1.59. The Morgan fingerprint density at radius 2 is 1.67 bits per heavy atom. The molecule has 1 aliphatic rings. The van der Waals surface area contributed by atoms with E-state index in [0.29, 0.717) is 17.8 Å². The highest BCUT2D eigenvalue weighted by Crippen LogP contribution is 2.18. The van der Waals surface area contributed by atoms with Gasteiger partial charge in [-0.25, -0.2) is 0 Å². The third-order valence-corrected chi connectivity index (χ3v) is 3.90. The minimum atomic E-state index is 0.614. The molecule has 0 bridgehead atoms. The van der Waals surface area contributed by atoms with Gasteiger partial charge in [0.05, 0.1) is 0 Å². The predicted octanol–water partition coefficient (Wildman–Crippen LogP) is 2.75. The van der Waals surface area contributed by atoms with Crippen molar-refractivity contribution < 1.29 is 0 Å². The van der Waals surface area contributed by atoms with Crippen LogP contribution in [0.25, 0.3) is 0 Å². The summed E-state index contributed by atoms with van der Waals surface area (Å²) >= 11 is 0. The minimum Gasteiger partial charge on any atom is -0.354 e. The number of nitrogens with one attached hydrogen (secondary N) is 2. The second-order valence-corrected chi connectivity index (χ2v) is 5.75. The molecule has 2 heterocycles. The fraction of sp³-hybridized carbons (Fsp3) is 0.800. The van der Waals surface area contributed by atoms with Gasteiger partial charge in [0.25, 0.3) is 0 Å². The van der Waals surface area contributed by atoms with E-state index in [1.165, 1.54) is 19.3 Å². The second-order valence-electron chi connectivity index (χ2n) is 5.75. The van der Waals surface area contributed by atoms with Crippen LogP contribution >= 0.6 is 0 Å². The lowest BCUT2D eigenvalue weighted by Crippen LogP contribution is -2.31. The lowest BCUT2D eigenvalue weighted by atomic mass is 10.1. The zero-order valence-electron chi connectivity index (χ0n) is 13.5. The highest BCUT2D eigenvalue weighted by Gasteiger charge is 2.16. The van der Waals surface area contributed by atoms with Crippen molar-refractivity contribution in [2.24, 2.45) is 5.92 Å². The first-order valence-corrected chi connectivity index (χ1v) is 8.21. The van der Waals surface area contributed by atoms with Crippen LogP contribution in [0, 0.1) is 5.92 Å². The van der Waals surface area contributed by atoms with E-state index in [2.05, 4.69) is 51.3 Å². The summed E-state index contributed by atoms with van der Waals surface area (Å²) in [6, 6.07) is 0. The third kappa shape index (κ3) is 4.72. The van der Waals surface area contributed by atoms with Gasteiger partial charge < -0.3 is 15.5 Å². The first-order valence-electron chi connectivity index (χ1n) is 8.21. The molecule has 0 spiro atoms. The Bertz CT molecular complexity index is 430. The van der Waals surface area contributed by atoms with Crippen molar-refractivity contribution in [3.05, 3.63) is 0 Å². The summed E-state index contributed by atoms with van der Waals surface area (Å²) in [6.07, 6.45) is 4.90. The van der Waals surface area contributed by atoms with Crippen LogP contribution in [-0.2, 0) is 0 Å². The normalized spacial score (nSPS) is 16.6. The Morgan fingerprint density at radius 3 is 2.29 bits per heavy atom. The first kappa shape index (κ1) is 15.8. The van der Waals surface area contributed by atoms with Gasteiger partial charge in [0, 0.05) is 26.2 Å². The predicted molar refractivity (Wildman–Crippen MR) is 88.0 cm³/mol. The minimum absolute atomic E-state index is 0.614. The lowest BCUT2D eigenvalue weighted by Gasteiger charge is -2.27. The molecule has 1 fully saturated rings. The maximum absolute atomic E-state index is 4.60. The van der Waals surface area contributed by atoms with Gasteiger partial charge in [0.2, 0.25) is 17.8 Å². The standard InChI is InChI=1S/C15H28N6/c1-4-12(3)11-17-14-18-13(16-5-2)19-15(20-14)21-9-7-6-8-10-21/h12H,4-11H2,1-3H3,(H2,16,17,18,19,20). The van der Waals surface area contributed by atoms with Gasteiger partial charge in [0.1, 0.15) is 0 Å². The third-order valence-electron chi connectivity index (χ3n) is 3.90. The van der Waals surface area contributed by atoms with Crippen LogP contribution in [0.4, 0.5) is 17.8 Å². The molecular weight excluding hydrogens is 264 g/mol. The average Bonchev–Trinajstić information content (AvgIpc) is 2.53. The van der Waals surface area contributed by atoms with Gasteiger partial charge in [-0.15, -0.1) is 0 Å². The van der Waals surface area contributed by atoms with Crippen molar-refractivity contribution in [2.45, 2.75) is 46.5 Å². The first-order chi connectivity index (χ1) is 10.2. The molecule has 6 heteroatoms. The van der Waals surface area contributed by atoms with Crippen LogP contribution in [0.5, 0.6) is 0 Å². The van der Waals surface area contributed by atoms with Gasteiger partial charge >= 0.3 is 0 Å². The van der Waals surface area contributed by atoms with Crippen LogP contribution in [-0.4, -0.2) is 41.1 Å². The smallest absolute Gasteiger partial charge is 0.231 e. The van der Waals surface area contributed by atoms with Gasteiger partial charge in [-0.3, -0.25) is 0 Å². The number of rotatable bonds is 7. The van der Waals surface area contributed by atoms with E-state index in [1.54, 1.807) is 0 Å². The van der Waals surface area contributed by atoms with Crippen molar-refractivity contribution >= 4 is 17.8 Å². The Balaban J connectivity index is 2.12. The van der Waals surface area contributed by atoms with E-state index >= 15 is 0 Å². The van der Waals surface area contributed by atoms with E-state index in [9.17, 15) is 0 Å². The number of anilines is 3. The Labute approximate surface area is 127 Å². The van der Waals surface area contributed by atoms with Crippen LogP contribution in [0.1, 0.15) is 46.5 Å². The molecule has 1 aromatic heterocycles. The van der Waals surface area contributed by atoms with E-state index in [4.69, 9.17) is 0 Å². The summed E-state index contributed by atoms with van der Waals surface area (Å²) in [7, 11) is 0. The highest BCUT2D eigenvalue weighted by atomic mass is 15.3. The summed E-state index contributed by atoms with van der Waals surface area (Å²) in [4.78, 5) is 15.9. The summed E-state index contributed by atoms with van der Waals surface area (Å²) in [6.45, 7) is 10.3. The molecule has 0 radical (unpaired) electrons.